The molecular formula is C15H11Cl2N3O5. The van der Waals surface area contributed by atoms with Crippen LogP contribution in [0.5, 0.6) is 0 Å². The van der Waals surface area contributed by atoms with Crippen LogP contribution in [-0.2, 0) is 0 Å². The summed E-state index contributed by atoms with van der Waals surface area (Å²) in [5, 5.41) is 25.1. The number of nitro benzene ring substituents is 2. The Bertz CT molecular complexity index is 840. The number of hydrogen-bond acceptors (Lipinski definition) is 5. The highest BCUT2D eigenvalue weighted by atomic mass is 35.5. The number of hydrogen-bond donors (Lipinski definition) is 1. The Labute approximate surface area is 151 Å². The Morgan fingerprint density at radius 1 is 1.00 bits per heavy atom. The van der Waals surface area contributed by atoms with Gasteiger partial charge in [-0.1, -0.05) is 29.3 Å². The van der Waals surface area contributed by atoms with Crippen molar-refractivity contribution < 1.29 is 14.6 Å². The molecule has 0 aliphatic carbocycles. The van der Waals surface area contributed by atoms with Crippen LogP contribution in [0, 0.1) is 20.2 Å². The lowest BCUT2D eigenvalue weighted by molar-refractivity contribution is -0.394. The minimum Gasteiger partial charge on any atom is -0.346 e. The molecule has 1 amide bonds. The molecular weight excluding hydrogens is 373 g/mol. The fourth-order valence-corrected chi connectivity index (χ4v) is 2.39. The average molecular weight is 384 g/mol. The van der Waals surface area contributed by atoms with Gasteiger partial charge in [-0.25, -0.2) is 0 Å². The standard InChI is InChI=1S/C15H11Cl2N3O5/c1-8(9-2-3-13(16)14(17)6-9)18-15(21)10-4-11(19(22)23)7-12(5-10)20(24)25/h2-8H,1H3,(H,18,21). The van der Waals surface area contributed by atoms with Crippen LogP contribution in [0.4, 0.5) is 11.4 Å². The lowest BCUT2D eigenvalue weighted by Gasteiger charge is -2.15. The summed E-state index contributed by atoms with van der Waals surface area (Å²) in [5.41, 5.74) is -0.612. The van der Waals surface area contributed by atoms with Crippen molar-refractivity contribution >= 4 is 40.5 Å². The number of carbonyl (C=O) groups is 1. The van der Waals surface area contributed by atoms with E-state index in [2.05, 4.69) is 5.32 Å². The van der Waals surface area contributed by atoms with E-state index in [1.54, 1.807) is 25.1 Å². The first-order valence-electron chi connectivity index (χ1n) is 6.88. The first-order valence-corrected chi connectivity index (χ1v) is 7.64. The van der Waals surface area contributed by atoms with Crippen LogP contribution >= 0.6 is 23.2 Å². The van der Waals surface area contributed by atoms with Gasteiger partial charge in [0.1, 0.15) is 0 Å². The maximum atomic E-state index is 12.3. The zero-order chi connectivity index (χ0) is 18.7. The third-order valence-electron chi connectivity index (χ3n) is 3.38. The summed E-state index contributed by atoms with van der Waals surface area (Å²) in [7, 11) is 0. The summed E-state index contributed by atoms with van der Waals surface area (Å²) in [6.45, 7) is 1.67. The highest BCUT2D eigenvalue weighted by molar-refractivity contribution is 6.42. The van der Waals surface area contributed by atoms with Crippen LogP contribution in [-0.4, -0.2) is 15.8 Å². The Kier molecular flexibility index (Phi) is 5.55. The van der Waals surface area contributed by atoms with E-state index in [-0.39, 0.29) is 5.56 Å². The van der Waals surface area contributed by atoms with Gasteiger partial charge in [0, 0.05) is 12.1 Å². The molecule has 0 heterocycles. The van der Waals surface area contributed by atoms with Crippen LogP contribution in [0.2, 0.25) is 10.0 Å². The minimum absolute atomic E-state index is 0.187. The lowest BCUT2D eigenvalue weighted by Crippen LogP contribution is -2.26. The molecule has 10 heteroatoms. The number of halogens is 2. The summed E-state index contributed by atoms with van der Waals surface area (Å²) in [6, 6.07) is 7.05. The molecule has 0 aromatic heterocycles. The van der Waals surface area contributed by atoms with Gasteiger partial charge >= 0.3 is 0 Å². The van der Waals surface area contributed by atoms with Crippen molar-refractivity contribution in [2.24, 2.45) is 0 Å². The van der Waals surface area contributed by atoms with E-state index in [4.69, 9.17) is 23.2 Å². The molecule has 0 aliphatic heterocycles. The molecule has 0 saturated carbocycles. The zero-order valence-corrected chi connectivity index (χ0v) is 14.2. The van der Waals surface area contributed by atoms with Crippen LogP contribution < -0.4 is 5.32 Å². The van der Waals surface area contributed by atoms with Gasteiger partial charge in [0.05, 0.1) is 37.6 Å². The first-order chi connectivity index (χ1) is 11.7. The summed E-state index contributed by atoms with van der Waals surface area (Å²) < 4.78 is 0. The smallest absolute Gasteiger partial charge is 0.277 e. The van der Waals surface area contributed by atoms with E-state index < -0.39 is 33.2 Å². The number of non-ortho nitro benzene ring substituents is 2. The van der Waals surface area contributed by atoms with Crippen molar-refractivity contribution in [1.29, 1.82) is 0 Å². The molecule has 0 aliphatic rings. The fourth-order valence-electron chi connectivity index (χ4n) is 2.08. The Morgan fingerprint density at radius 2 is 1.56 bits per heavy atom. The summed E-state index contributed by atoms with van der Waals surface area (Å²) in [4.78, 5) is 32.5. The molecule has 1 N–H and O–H groups in total. The first kappa shape index (κ1) is 18.6. The molecule has 8 nitrogen and oxygen atoms in total. The normalized spacial score (nSPS) is 11.6. The van der Waals surface area contributed by atoms with Crippen LogP contribution in [0.25, 0.3) is 0 Å². The third-order valence-corrected chi connectivity index (χ3v) is 4.12. The Balaban J connectivity index is 2.29. The quantitative estimate of drug-likeness (QED) is 0.610. The summed E-state index contributed by atoms with van der Waals surface area (Å²) in [6.07, 6.45) is 0. The Morgan fingerprint density at radius 3 is 2.04 bits per heavy atom. The van der Waals surface area contributed by atoms with Gasteiger partial charge in [-0.2, -0.15) is 0 Å². The molecule has 2 aromatic carbocycles. The van der Waals surface area contributed by atoms with Crippen LogP contribution in [0.3, 0.4) is 0 Å². The van der Waals surface area contributed by atoms with Crippen molar-refractivity contribution in [1.82, 2.24) is 5.32 Å². The number of carbonyl (C=O) groups excluding carboxylic acids is 1. The number of amides is 1. The second kappa shape index (κ2) is 7.45. The molecule has 0 fully saturated rings. The van der Waals surface area contributed by atoms with Crippen molar-refractivity contribution in [3.63, 3.8) is 0 Å². The third kappa shape index (κ3) is 4.43. The van der Waals surface area contributed by atoms with Gasteiger partial charge in [-0.15, -0.1) is 0 Å². The molecule has 130 valence electrons. The van der Waals surface area contributed by atoms with Crippen LogP contribution in [0.1, 0.15) is 28.9 Å². The van der Waals surface area contributed by atoms with Crippen molar-refractivity contribution in [3.05, 3.63) is 77.8 Å². The summed E-state index contributed by atoms with van der Waals surface area (Å²) in [5.74, 6) is -0.689. The van der Waals surface area contributed by atoms with Crippen LogP contribution in [0.15, 0.2) is 36.4 Å². The second-order valence-electron chi connectivity index (χ2n) is 5.12. The van der Waals surface area contributed by atoms with E-state index in [0.717, 1.165) is 18.2 Å². The van der Waals surface area contributed by atoms with Gasteiger partial charge in [0.15, 0.2) is 0 Å². The molecule has 0 radical (unpaired) electrons. The predicted octanol–water partition coefficient (Wildman–Crippen LogP) is 4.30. The second-order valence-corrected chi connectivity index (χ2v) is 5.94. The average Bonchev–Trinajstić information content (AvgIpc) is 2.56. The van der Waals surface area contributed by atoms with Gasteiger partial charge in [-0.05, 0) is 24.6 Å². The van der Waals surface area contributed by atoms with Crippen molar-refractivity contribution in [3.8, 4) is 0 Å². The van der Waals surface area contributed by atoms with E-state index in [0.29, 0.717) is 15.6 Å². The number of nitrogens with one attached hydrogen (secondary N) is 1. The Hall–Kier alpha value is -2.71. The van der Waals surface area contributed by atoms with E-state index >= 15 is 0 Å². The minimum atomic E-state index is -0.799. The van der Waals surface area contributed by atoms with Gasteiger partial charge < -0.3 is 5.32 Å². The summed E-state index contributed by atoms with van der Waals surface area (Å²) >= 11 is 11.8. The van der Waals surface area contributed by atoms with Gasteiger partial charge in [-0.3, -0.25) is 25.0 Å². The zero-order valence-electron chi connectivity index (χ0n) is 12.7. The molecule has 0 saturated heterocycles. The van der Waals surface area contributed by atoms with E-state index in [9.17, 15) is 25.0 Å². The molecule has 2 rings (SSSR count). The number of rotatable bonds is 5. The number of nitro groups is 2. The fraction of sp³-hybridized carbons (Fsp3) is 0.133. The van der Waals surface area contributed by atoms with Crippen molar-refractivity contribution in [2.75, 3.05) is 0 Å². The SMILES string of the molecule is CC(NC(=O)c1cc([N+](=O)[O-])cc([N+](=O)[O-])c1)c1ccc(Cl)c(Cl)c1. The number of nitrogens with zero attached hydrogens (tertiary/aromatic N) is 2. The monoisotopic (exact) mass is 383 g/mol. The molecule has 25 heavy (non-hydrogen) atoms. The van der Waals surface area contributed by atoms with Crippen molar-refractivity contribution in [2.45, 2.75) is 13.0 Å². The highest BCUT2D eigenvalue weighted by Crippen LogP contribution is 2.26. The predicted molar refractivity (Wildman–Crippen MR) is 92.1 cm³/mol. The number of benzene rings is 2. The molecule has 0 bridgehead atoms. The van der Waals surface area contributed by atoms with E-state index in [1.807, 2.05) is 0 Å². The highest BCUT2D eigenvalue weighted by Gasteiger charge is 2.21. The lowest BCUT2D eigenvalue weighted by atomic mass is 10.1. The largest absolute Gasteiger partial charge is 0.346 e. The van der Waals surface area contributed by atoms with Gasteiger partial charge in [0.25, 0.3) is 17.3 Å². The molecule has 1 unspecified atom stereocenters. The molecule has 1 atom stereocenters. The maximum absolute atomic E-state index is 12.3. The maximum Gasteiger partial charge on any atom is 0.277 e. The van der Waals surface area contributed by atoms with Gasteiger partial charge in [0.2, 0.25) is 0 Å². The molecule has 0 spiro atoms. The topological polar surface area (TPSA) is 115 Å². The van der Waals surface area contributed by atoms with E-state index in [1.165, 1.54) is 0 Å². The molecule has 2 aromatic rings.